The van der Waals surface area contributed by atoms with Crippen LogP contribution in [0, 0.1) is 0 Å². The lowest BCUT2D eigenvalue weighted by molar-refractivity contribution is 0.220. The van der Waals surface area contributed by atoms with Crippen LogP contribution in [0.15, 0.2) is 46.9 Å². The Kier molecular flexibility index (Phi) is 5.09. The number of urea groups is 1. The fourth-order valence-electron chi connectivity index (χ4n) is 1.77. The molecule has 0 aliphatic rings. The molecule has 0 aromatic heterocycles. The molecule has 2 aromatic rings. The molecule has 110 valence electrons. The van der Waals surface area contributed by atoms with E-state index in [1.54, 1.807) is 43.4 Å². The maximum absolute atomic E-state index is 12.1. The predicted molar refractivity (Wildman–Crippen MR) is 87.7 cm³/mol. The molecule has 0 radical (unpaired) electrons. The first-order valence-corrected chi connectivity index (χ1v) is 7.38. The van der Waals surface area contributed by atoms with Crippen LogP contribution in [0.3, 0.4) is 0 Å². The minimum absolute atomic E-state index is 0.166. The van der Waals surface area contributed by atoms with Gasteiger partial charge in [-0.05, 0) is 24.3 Å². The van der Waals surface area contributed by atoms with Crippen LogP contribution in [0.1, 0.15) is 5.56 Å². The SMILES string of the molecule is CN(Cc1ccccc1O)C(=O)Nc1ccc(Br)cc1Cl. The monoisotopic (exact) mass is 368 g/mol. The van der Waals surface area contributed by atoms with E-state index in [2.05, 4.69) is 21.2 Å². The van der Waals surface area contributed by atoms with E-state index in [4.69, 9.17) is 11.6 Å². The fourth-order valence-corrected chi connectivity index (χ4v) is 2.49. The Morgan fingerprint density at radius 1 is 1.33 bits per heavy atom. The molecule has 0 heterocycles. The number of phenols is 1. The second kappa shape index (κ2) is 6.83. The lowest BCUT2D eigenvalue weighted by Crippen LogP contribution is -2.30. The summed E-state index contributed by atoms with van der Waals surface area (Å²) in [5, 5.41) is 12.9. The van der Waals surface area contributed by atoms with E-state index >= 15 is 0 Å². The Bertz CT molecular complexity index is 664. The molecule has 0 bridgehead atoms. The van der Waals surface area contributed by atoms with E-state index in [9.17, 15) is 9.90 Å². The Hall–Kier alpha value is -1.72. The number of hydrogen-bond donors (Lipinski definition) is 2. The Morgan fingerprint density at radius 3 is 2.71 bits per heavy atom. The molecular formula is C15H14BrClN2O2. The van der Waals surface area contributed by atoms with Gasteiger partial charge in [0.05, 0.1) is 17.3 Å². The van der Waals surface area contributed by atoms with Crippen molar-refractivity contribution in [1.82, 2.24) is 4.90 Å². The number of carbonyl (C=O) groups excluding carboxylic acids is 1. The highest BCUT2D eigenvalue weighted by molar-refractivity contribution is 9.10. The van der Waals surface area contributed by atoms with E-state index < -0.39 is 0 Å². The number of rotatable bonds is 3. The second-order valence-corrected chi connectivity index (χ2v) is 5.86. The van der Waals surface area contributed by atoms with Gasteiger partial charge < -0.3 is 15.3 Å². The number of aromatic hydroxyl groups is 1. The van der Waals surface area contributed by atoms with Gasteiger partial charge in [0.15, 0.2) is 0 Å². The van der Waals surface area contributed by atoms with Crippen LogP contribution in [-0.4, -0.2) is 23.1 Å². The molecule has 0 fully saturated rings. The van der Waals surface area contributed by atoms with Crippen molar-refractivity contribution < 1.29 is 9.90 Å². The third-order valence-electron chi connectivity index (χ3n) is 2.92. The number of anilines is 1. The van der Waals surface area contributed by atoms with Gasteiger partial charge in [-0.25, -0.2) is 4.79 Å². The molecule has 2 aromatic carbocycles. The number of benzene rings is 2. The van der Waals surface area contributed by atoms with Crippen LogP contribution in [-0.2, 0) is 6.54 Å². The second-order valence-electron chi connectivity index (χ2n) is 4.54. The maximum Gasteiger partial charge on any atom is 0.321 e. The molecule has 0 saturated heterocycles. The van der Waals surface area contributed by atoms with Crippen LogP contribution >= 0.6 is 27.5 Å². The van der Waals surface area contributed by atoms with E-state index in [-0.39, 0.29) is 11.8 Å². The number of para-hydroxylation sites is 1. The highest BCUT2D eigenvalue weighted by Gasteiger charge is 2.12. The zero-order chi connectivity index (χ0) is 15.4. The minimum atomic E-state index is -0.303. The molecule has 2 N–H and O–H groups in total. The van der Waals surface area contributed by atoms with Crippen LogP contribution in [0.25, 0.3) is 0 Å². The molecule has 0 aliphatic carbocycles. The number of nitrogens with one attached hydrogen (secondary N) is 1. The van der Waals surface area contributed by atoms with Crippen molar-refractivity contribution in [2.75, 3.05) is 12.4 Å². The standard InChI is InChI=1S/C15H14BrClN2O2/c1-19(9-10-4-2-3-5-14(10)20)15(21)18-13-7-6-11(16)8-12(13)17/h2-8,20H,9H2,1H3,(H,18,21). The predicted octanol–water partition coefficient (Wildman–Crippen LogP) is 4.47. The summed E-state index contributed by atoms with van der Waals surface area (Å²) >= 11 is 9.37. The summed E-state index contributed by atoms with van der Waals surface area (Å²) in [5.74, 6) is 0.166. The smallest absolute Gasteiger partial charge is 0.321 e. The quantitative estimate of drug-likeness (QED) is 0.838. The molecule has 6 heteroatoms. The van der Waals surface area contributed by atoms with Gasteiger partial charge in [-0.15, -0.1) is 0 Å². The molecule has 0 spiro atoms. The third-order valence-corrected chi connectivity index (χ3v) is 3.72. The average Bonchev–Trinajstić information content (AvgIpc) is 2.44. The molecule has 21 heavy (non-hydrogen) atoms. The van der Waals surface area contributed by atoms with Crippen molar-refractivity contribution in [3.8, 4) is 5.75 Å². The van der Waals surface area contributed by atoms with Crippen molar-refractivity contribution in [3.63, 3.8) is 0 Å². The summed E-state index contributed by atoms with van der Waals surface area (Å²) < 4.78 is 0.841. The molecular weight excluding hydrogens is 356 g/mol. The summed E-state index contributed by atoms with van der Waals surface area (Å²) in [6.07, 6.45) is 0. The highest BCUT2D eigenvalue weighted by Crippen LogP contribution is 2.26. The molecule has 0 saturated carbocycles. The summed E-state index contributed by atoms with van der Waals surface area (Å²) in [7, 11) is 1.65. The topological polar surface area (TPSA) is 52.6 Å². The van der Waals surface area contributed by atoms with Crippen molar-refractivity contribution in [2.45, 2.75) is 6.54 Å². The van der Waals surface area contributed by atoms with Gasteiger partial charge in [0.25, 0.3) is 0 Å². The van der Waals surface area contributed by atoms with Crippen molar-refractivity contribution in [2.24, 2.45) is 0 Å². The average molecular weight is 370 g/mol. The van der Waals surface area contributed by atoms with Crippen LogP contribution in [0.4, 0.5) is 10.5 Å². The van der Waals surface area contributed by atoms with Crippen LogP contribution < -0.4 is 5.32 Å². The molecule has 0 unspecified atom stereocenters. The van der Waals surface area contributed by atoms with Gasteiger partial charge in [0.1, 0.15) is 5.75 Å². The molecule has 4 nitrogen and oxygen atoms in total. The normalized spacial score (nSPS) is 10.2. The fraction of sp³-hybridized carbons (Fsp3) is 0.133. The summed E-state index contributed by atoms with van der Waals surface area (Å²) in [5.41, 5.74) is 1.21. The number of amides is 2. The number of halogens is 2. The van der Waals surface area contributed by atoms with E-state index in [0.29, 0.717) is 22.8 Å². The lowest BCUT2D eigenvalue weighted by Gasteiger charge is -2.19. The molecule has 0 aliphatic heterocycles. The highest BCUT2D eigenvalue weighted by atomic mass is 79.9. The zero-order valence-corrected chi connectivity index (χ0v) is 13.6. The Morgan fingerprint density at radius 2 is 2.05 bits per heavy atom. The first-order valence-electron chi connectivity index (χ1n) is 6.21. The Balaban J connectivity index is 2.04. The first-order chi connectivity index (χ1) is 9.97. The number of hydrogen-bond acceptors (Lipinski definition) is 2. The summed E-state index contributed by atoms with van der Waals surface area (Å²) in [6.45, 7) is 0.298. The van der Waals surface area contributed by atoms with E-state index in [0.717, 1.165) is 4.47 Å². The van der Waals surface area contributed by atoms with Gasteiger partial charge in [0, 0.05) is 17.1 Å². The number of phenolic OH excluding ortho intramolecular Hbond substituents is 1. The summed E-state index contributed by atoms with van der Waals surface area (Å²) in [6, 6.07) is 11.8. The third kappa shape index (κ3) is 4.12. The summed E-state index contributed by atoms with van der Waals surface area (Å²) in [4.78, 5) is 13.6. The molecule has 0 atom stereocenters. The van der Waals surface area contributed by atoms with Crippen molar-refractivity contribution in [3.05, 3.63) is 57.5 Å². The van der Waals surface area contributed by atoms with Gasteiger partial charge in [-0.2, -0.15) is 0 Å². The largest absolute Gasteiger partial charge is 0.508 e. The Labute approximate surface area is 136 Å². The van der Waals surface area contributed by atoms with Crippen molar-refractivity contribution in [1.29, 1.82) is 0 Å². The van der Waals surface area contributed by atoms with Crippen LogP contribution in [0.2, 0.25) is 5.02 Å². The van der Waals surface area contributed by atoms with Gasteiger partial charge in [-0.1, -0.05) is 45.7 Å². The zero-order valence-electron chi connectivity index (χ0n) is 11.3. The van der Waals surface area contributed by atoms with E-state index in [1.165, 1.54) is 4.90 Å². The number of nitrogens with zero attached hydrogens (tertiary/aromatic N) is 1. The first kappa shape index (κ1) is 15.7. The molecule has 2 amide bonds. The van der Waals surface area contributed by atoms with Gasteiger partial charge in [0.2, 0.25) is 0 Å². The minimum Gasteiger partial charge on any atom is -0.508 e. The van der Waals surface area contributed by atoms with Crippen LogP contribution in [0.5, 0.6) is 5.75 Å². The van der Waals surface area contributed by atoms with Gasteiger partial charge in [-0.3, -0.25) is 0 Å². The van der Waals surface area contributed by atoms with E-state index in [1.807, 2.05) is 6.07 Å². The molecule has 2 rings (SSSR count). The maximum atomic E-state index is 12.1. The lowest BCUT2D eigenvalue weighted by atomic mass is 10.2. The number of carbonyl (C=O) groups is 1. The van der Waals surface area contributed by atoms with Gasteiger partial charge >= 0.3 is 6.03 Å². The van der Waals surface area contributed by atoms with Crippen molar-refractivity contribution >= 4 is 39.2 Å².